The van der Waals surface area contributed by atoms with E-state index in [-0.39, 0.29) is 23.3 Å². The molecule has 2 heterocycles. The highest BCUT2D eigenvalue weighted by Gasteiger charge is 2.52. The lowest BCUT2D eigenvalue weighted by atomic mass is 9.74. The van der Waals surface area contributed by atoms with Gasteiger partial charge >= 0.3 is 0 Å². The second-order valence-electron chi connectivity index (χ2n) is 9.41. The van der Waals surface area contributed by atoms with Crippen LogP contribution >= 0.6 is 0 Å². The molecule has 0 unspecified atom stereocenters. The van der Waals surface area contributed by atoms with Crippen molar-refractivity contribution in [2.24, 2.45) is 5.92 Å². The number of rotatable bonds is 5. The lowest BCUT2D eigenvalue weighted by molar-refractivity contribution is -0.214. The van der Waals surface area contributed by atoms with Crippen LogP contribution in [0.25, 0.3) is 0 Å². The molecular weight excluding hydrogens is 417 g/mol. The number of hydrogen-bond donors (Lipinski definition) is 2. The highest BCUT2D eigenvalue weighted by atomic mass is 32.2. The summed E-state index contributed by atoms with van der Waals surface area (Å²) in [4.78, 5) is -0.379. The van der Waals surface area contributed by atoms with Crippen molar-refractivity contribution >= 4 is 10.0 Å². The monoisotopic (exact) mass is 447 g/mol. The SMILES string of the molecule is C[C@]12CC[C@@H](CNS(=O)(=O)c3ccccc3F)[C@H](O)[C@](C)(C[C@@H](c3ccccc3)C1)O2. The van der Waals surface area contributed by atoms with E-state index in [1.165, 1.54) is 23.8 Å². The standard InChI is InChI=1S/C24H30FNO4S/c1-23-13-12-18(16-26-31(28,29)21-11-7-6-10-20(21)25)22(27)24(2,30-23)15-19(14-23)17-8-4-3-5-9-17/h3-11,18-19,22,26-27H,12-16H2,1-2H3/t18-,19-,22-,23-,24-/m0/s1. The van der Waals surface area contributed by atoms with Crippen LogP contribution < -0.4 is 4.72 Å². The van der Waals surface area contributed by atoms with Gasteiger partial charge in [0.1, 0.15) is 10.7 Å². The average Bonchev–Trinajstić information content (AvgIpc) is 2.79. The third-order valence-electron chi connectivity index (χ3n) is 6.86. The van der Waals surface area contributed by atoms with Crippen molar-refractivity contribution in [3.8, 4) is 0 Å². The van der Waals surface area contributed by atoms with Gasteiger partial charge in [-0.3, -0.25) is 0 Å². The molecule has 2 fully saturated rings. The molecule has 2 aromatic rings. The van der Waals surface area contributed by atoms with E-state index in [9.17, 15) is 17.9 Å². The third-order valence-corrected chi connectivity index (χ3v) is 8.32. The Kier molecular flexibility index (Phi) is 5.98. The summed E-state index contributed by atoms with van der Waals surface area (Å²) in [6.45, 7) is 4.04. The molecule has 2 aromatic carbocycles. The lowest BCUT2D eigenvalue weighted by Crippen LogP contribution is -2.54. The van der Waals surface area contributed by atoms with Crippen LogP contribution in [-0.2, 0) is 14.8 Å². The van der Waals surface area contributed by atoms with E-state index in [4.69, 9.17) is 4.74 Å². The van der Waals surface area contributed by atoms with Crippen molar-refractivity contribution < 1.29 is 22.7 Å². The third kappa shape index (κ3) is 4.55. The fraction of sp³-hybridized carbons (Fsp3) is 0.500. The predicted octanol–water partition coefficient (Wildman–Crippen LogP) is 3.99. The molecule has 0 radical (unpaired) electrons. The first-order chi connectivity index (χ1) is 14.6. The Labute approximate surface area is 183 Å². The minimum Gasteiger partial charge on any atom is -0.390 e. The summed E-state index contributed by atoms with van der Waals surface area (Å²) in [7, 11) is -4.01. The average molecular weight is 448 g/mol. The number of ether oxygens (including phenoxy) is 1. The number of fused-ring (bicyclic) bond motifs is 2. The lowest BCUT2D eigenvalue weighted by Gasteiger charge is -2.49. The molecule has 2 bridgehead atoms. The minimum absolute atomic E-state index is 0.0306. The van der Waals surface area contributed by atoms with Crippen LogP contribution in [0.2, 0.25) is 0 Å². The van der Waals surface area contributed by atoms with Gasteiger partial charge in [0.05, 0.1) is 17.3 Å². The molecule has 168 valence electrons. The highest BCUT2D eigenvalue weighted by molar-refractivity contribution is 7.89. The first kappa shape index (κ1) is 22.4. The second kappa shape index (κ2) is 8.28. The number of aliphatic hydroxyl groups is 1. The Bertz CT molecular complexity index is 1030. The van der Waals surface area contributed by atoms with Crippen molar-refractivity contribution in [1.29, 1.82) is 0 Å². The van der Waals surface area contributed by atoms with Gasteiger partial charge in [0.25, 0.3) is 0 Å². The van der Waals surface area contributed by atoms with Gasteiger partial charge in [-0.2, -0.15) is 0 Å². The molecule has 31 heavy (non-hydrogen) atoms. The van der Waals surface area contributed by atoms with E-state index in [1.54, 1.807) is 0 Å². The van der Waals surface area contributed by atoms with Gasteiger partial charge in [0, 0.05) is 12.5 Å². The van der Waals surface area contributed by atoms with Gasteiger partial charge in [-0.15, -0.1) is 0 Å². The maximum absolute atomic E-state index is 14.0. The summed E-state index contributed by atoms with van der Waals surface area (Å²) in [5.41, 5.74) is 0.0420. The number of sulfonamides is 1. The first-order valence-corrected chi connectivity index (χ1v) is 12.3. The highest BCUT2D eigenvalue weighted by Crippen LogP contribution is 2.50. The largest absolute Gasteiger partial charge is 0.390 e. The summed E-state index contributed by atoms with van der Waals surface area (Å²) < 4.78 is 48.2. The van der Waals surface area contributed by atoms with E-state index < -0.39 is 33.1 Å². The molecule has 7 heteroatoms. The van der Waals surface area contributed by atoms with E-state index in [0.717, 1.165) is 18.9 Å². The summed E-state index contributed by atoms with van der Waals surface area (Å²) in [6.07, 6.45) is 2.00. The van der Waals surface area contributed by atoms with Crippen LogP contribution in [0.5, 0.6) is 0 Å². The minimum atomic E-state index is -4.01. The number of halogens is 1. The van der Waals surface area contributed by atoms with Gasteiger partial charge in [-0.05, 0) is 63.1 Å². The van der Waals surface area contributed by atoms with E-state index in [2.05, 4.69) is 23.8 Å². The number of benzene rings is 2. The van der Waals surface area contributed by atoms with Crippen LogP contribution in [0, 0.1) is 11.7 Å². The molecule has 0 amide bonds. The molecule has 0 saturated carbocycles. The van der Waals surface area contributed by atoms with Crippen molar-refractivity contribution in [3.05, 3.63) is 66.0 Å². The van der Waals surface area contributed by atoms with Gasteiger partial charge in [-0.1, -0.05) is 42.5 Å². The molecule has 0 aromatic heterocycles. The topological polar surface area (TPSA) is 75.6 Å². The normalized spacial score (nSPS) is 33.6. The van der Waals surface area contributed by atoms with Crippen LogP contribution in [0.3, 0.4) is 0 Å². The quantitative estimate of drug-likeness (QED) is 0.727. The van der Waals surface area contributed by atoms with Crippen molar-refractivity contribution in [2.45, 2.75) is 67.7 Å². The Morgan fingerprint density at radius 1 is 1.10 bits per heavy atom. The smallest absolute Gasteiger partial charge is 0.243 e. The van der Waals surface area contributed by atoms with Crippen molar-refractivity contribution in [1.82, 2.24) is 4.72 Å². The zero-order valence-corrected chi connectivity index (χ0v) is 18.7. The molecule has 2 N–H and O–H groups in total. The van der Waals surface area contributed by atoms with Crippen molar-refractivity contribution in [3.63, 3.8) is 0 Å². The Morgan fingerprint density at radius 2 is 1.77 bits per heavy atom. The summed E-state index contributed by atoms with van der Waals surface area (Å²) in [5, 5.41) is 11.3. The van der Waals surface area contributed by atoms with Crippen LogP contribution in [-0.4, -0.2) is 37.4 Å². The fourth-order valence-electron chi connectivity index (χ4n) is 5.34. The zero-order valence-electron chi connectivity index (χ0n) is 17.9. The Morgan fingerprint density at radius 3 is 2.48 bits per heavy atom. The van der Waals surface area contributed by atoms with E-state index in [0.29, 0.717) is 12.8 Å². The van der Waals surface area contributed by atoms with Crippen LogP contribution in [0.4, 0.5) is 4.39 Å². The maximum Gasteiger partial charge on any atom is 0.243 e. The summed E-state index contributed by atoms with van der Waals surface area (Å²) in [5.74, 6) is -0.864. The number of aliphatic hydroxyl groups excluding tert-OH is 1. The maximum atomic E-state index is 14.0. The molecule has 2 aliphatic rings. The predicted molar refractivity (Wildman–Crippen MR) is 117 cm³/mol. The fourth-order valence-corrected chi connectivity index (χ4v) is 6.51. The molecule has 0 spiro atoms. The zero-order chi connectivity index (χ0) is 22.3. The summed E-state index contributed by atoms with van der Waals surface area (Å²) in [6, 6.07) is 15.6. The number of hydrogen-bond acceptors (Lipinski definition) is 4. The van der Waals surface area contributed by atoms with Gasteiger partial charge < -0.3 is 9.84 Å². The van der Waals surface area contributed by atoms with Gasteiger partial charge in [0.15, 0.2) is 0 Å². The number of nitrogens with one attached hydrogen (secondary N) is 1. The van der Waals surface area contributed by atoms with Gasteiger partial charge in [0.2, 0.25) is 10.0 Å². The molecule has 5 atom stereocenters. The van der Waals surface area contributed by atoms with Crippen molar-refractivity contribution in [2.75, 3.05) is 6.54 Å². The molecule has 2 saturated heterocycles. The van der Waals surface area contributed by atoms with E-state index in [1.807, 2.05) is 25.1 Å². The molecule has 4 rings (SSSR count). The first-order valence-electron chi connectivity index (χ1n) is 10.8. The molecule has 5 nitrogen and oxygen atoms in total. The molecule has 2 aliphatic heterocycles. The Balaban J connectivity index is 1.54. The van der Waals surface area contributed by atoms with Crippen LogP contribution in [0.1, 0.15) is 51.0 Å². The molecular formula is C24H30FNO4S. The second-order valence-corrected chi connectivity index (χ2v) is 11.1. The summed E-state index contributed by atoms with van der Waals surface area (Å²) >= 11 is 0. The van der Waals surface area contributed by atoms with E-state index >= 15 is 0 Å². The molecule has 0 aliphatic carbocycles. The van der Waals surface area contributed by atoms with Crippen LogP contribution in [0.15, 0.2) is 59.5 Å². The van der Waals surface area contributed by atoms with Gasteiger partial charge in [-0.25, -0.2) is 17.5 Å². The Hall–Kier alpha value is -1.80.